The fourth-order valence-electron chi connectivity index (χ4n) is 3.17. The van der Waals surface area contributed by atoms with Gasteiger partial charge in [-0.25, -0.2) is 13.8 Å². The monoisotopic (exact) mass is 541 g/mol. The molecule has 0 radical (unpaired) electrons. The first-order valence-corrected chi connectivity index (χ1v) is 11.1. The number of oxime groups is 1. The van der Waals surface area contributed by atoms with E-state index in [1.165, 1.54) is 24.4 Å². The van der Waals surface area contributed by atoms with Crippen LogP contribution in [-0.2, 0) is 11.3 Å². The van der Waals surface area contributed by atoms with Gasteiger partial charge in [-0.15, -0.1) is 0 Å². The van der Waals surface area contributed by atoms with E-state index in [1.54, 1.807) is 12.1 Å². The maximum absolute atomic E-state index is 13.0. The second-order valence-electron chi connectivity index (χ2n) is 7.00. The zero-order valence-electron chi connectivity index (χ0n) is 16.4. The molecule has 5 nitrogen and oxygen atoms in total. The topological polar surface area (TPSA) is 55.7 Å². The van der Waals surface area contributed by atoms with E-state index in [9.17, 15) is 8.78 Å². The van der Waals surface area contributed by atoms with Crippen molar-refractivity contribution in [1.29, 1.82) is 0 Å². The van der Waals surface area contributed by atoms with Crippen LogP contribution < -0.4 is 10.1 Å². The van der Waals surface area contributed by atoms with E-state index in [2.05, 4.69) is 31.4 Å². The van der Waals surface area contributed by atoms with E-state index in [1.807, 2.05) is 18.2 Å². The normalized spacial score (nSPS) is 15.7. The maximum atomic E-state index is 13.0. The van der Waals surface area contributed by atoms with Crippen molar-refractivity contribution in [2.24, 2.45) is 5.16 Å². The molecular formula is C22H16BrCl2F2N3O2. The molecule has 32 heavy (non-hydrogen) atoms. The fraction of sp³-hybridized carbons (Fsp3) is 0.182. The molecule has 1 N–H and O–H groups in total. The van der Waals surface area contributed by atoms with Crippen LogP contribution in [0.5, 0.6) is 11.5 Å². The molecule has 1 aromatic heterocycles. The summed E-state index contributed by atoms with van der Waals surface area (Å²) in [5.41, 5.74) is 1.29. The minimum Gasteiger partial charge on any atom is -0.455 e. The van der Waals surface area contributed by atoms with Gasteiger partial charge in [0.25, 0.3) is 6.43 Å². The average molecular weight is 543 g/mol. The average Bonchev–Trinajstić information content (AvgIpc) is 2.77. The summed E-state index contributed by atoms with van der Waals surface area (Å²) in [5.74, 6) is 0.917. The Hall–Kier alpha value is -2.42. The van der Waals surface area contributed by atoms with Crippen LogP contribution in [0.1, 0.15) is 23.1 Å². The second-order valence-corrected chi connectivity index (χ2v) is 8.71. The summed E-state index contributed by atoms with van der Waals surface area (Å²) in [7, 11) is 0. The summed E-state index contributed by atoms with van der Waals surface area (Å²) >= 11 is 15.8. The smallest absolute Gasteiger partial charge is 0.263 e. The molecule has 0 spiro atoms. The molecule has 10 heteroatoms. The molecule has 1 aliphatic heterocycles. The van der Waals surface area contributed by atoms with E-state index in [-0.39, 0.29) is 28.3 Å². The lowest BCUT2D eigenvalue weighted by Gasteiger charge is -2.25. The van der Waals surface area contributed by atoms with Gasteiger partial charge >= 0.3 is 0 Å². The summed E-state index contributed by atoms with van der Waals surface area (Å²) < 4.78 is 32.8. The minimum atomic E-state index is -2.61. The molecule has 0 bridgehead atoms. The number of nitrogens with one attached hydrogen (secondary N) is 1. The molecule has 1 unspecified atom stereocenters. The van der Waals surface area contributed by atoms with Crippen LogP contribution in [0.25, 0.3) is 0 Å². The van der Waals surface area contributed by atoms with E-state index in [4.69, 9.17) is 32.8 Å². The Balaban J connectivity index is 1.57. The molecule has 4 rings (SSSR count). The number of hydrogen-bond donors (Lipinski definition) is 1. The number of alkyl halides is 2. The first-order valence-electron chi connectivity index (χ1n) is 9.51. The van der Waals surface area contributed by atoms with Crippen LogP contribution in [-0.4, -0.2) is 23.5 Å². The van der Waals surface area contributed by atoms with Gasteiger partial charge in [0.2, 0.25) is 0 Å². The van der Waals surface area contributed by atoms with Crippen molar-refractivity contribution in [2.45, 2.75) is 18.9 Å². The van der Waals surface area contributed by atoms with Crippen molar-refractivity contribution in [3.05, 3.63) is 86.1 Å². The first kappa shape index (κ1) is 22.8. The number of ether oxygens (including phenoxy) is 1. The molecule has 0 fully saturated rings. The number of benzene rings is 2. The van der Waals surface area contributed by atoms with Gasteiger partial charge < -0.3 is 14.9 Å². The molecular weight excluding hydrogens is 527 g/mol. The molecule has 0 aliphatic carbocycles. The third-order valence-corrected chi connectivity index (χ3v) is 5.73. The fourth-order valence-corrected chi connectivity index (χ4v) is 4.08. The Kier molecular flexibility index (Phi) is 7.13. The Bertz CT molecular complexity index is 1160. The Morgan fingerprint density at radius 2 is 2.03 bits per heavy atom. The van der Waals surface area contributed by atoms with Gasteiger partial charge in [0.1, 0.15) is 17.5 Å². The Labute approximate surface area is 201 Å². The molecule has 1 aliphatic rings. The number of aromatic nitrogens is 1. The summed E-state index contributed by atoms with van der Waals surface area (Å²) in [6, 6.07) is 12.8. The van der Waals surface area contributed by atoms with Crippen LogP contribution in [0.2, 0.25) is 10.2 Å². The third kappa shape index (κ3) is 5.49. The molecule has 0 amide bonds. The van der Waals surface area contributed by atoms with Crippen molar-refractivity contribution in [3.8, 4) is 11.5 Å². The SMILES string of the molecule is FC(F)c1cccc(Oc2cnc(Cl)cc2C2=NOCC(Cc3ccc(Br)cc3Cl)N2)c1. The van der Waals surface area contributed by atoms with E-state index >= 15 is 0 Å². The van der Waals surface area contributed by atoms with Crippen molar-refractivity contribution < 1.29 is 18.4 Å². The predicted molar refractivity (Wildman–Crippen MR) is 123 cm³/mol. The van der Waals surface area contributed by atoms with Crippen molar-refractivity contribution in [3.63, 3.8) is 0 Å². The highest BCUT2D eigenvalue weighted by atomic mass is 79.9. The molecule has 0 saturated heterocycles. The van der Waals surface area contributed by atoms with Gasteiger partial charge in [-0.3, -0.25) is 0 Å². The highest BCUT2D eigenvalue weighted by Crippen LogP contribution is 2.30. The molecule has 1 atom stereocenters. The highest BCUT2D eigenvalue weighted by Gasteiger charge is 2.23. The van der Waals surface area contributed by atoms with Gasteiger partial charge in [-0.1, -0.05) is 62.5 Å². The van der Waals surface area contributed by atoms with Gasteiger partial charge in [0, 0.05) is 15.1 Å². The number of nitrogens with zero attached hydrogens (tertiary/aromatic N) is 2. The van der Waals surface area contributed by atoms with E-state index in [0.717, 1.165) is 10.0 Å². The number of pyridine rings is 1. The number of amidine groups is 1. The molecule has 0 saturated carbocycles. The molecule has 2 aromatic carbocycles. The zero-order chi connectivity index (χ0) is 22.7. The second kappa shape index (κ2) is 10.0. The van der Waals surface area contributed by atoms with Crippen LogP contribution in [0.15, 0.2) is 64.4 Å². The van der Waals surface area contributed by atoms with Crippen LogP contribution in [0.4, 0.5) is 8.78 Å². The summed E-state index contributed by atoms with van der Waals surface area (Å²) in [5, 5.41) is 8.26. The van der Waals surface area contributed by atoms with E-state index in [0.29, 0.717) is 29.4 Å². The number of rotatable bonds is 6. The third-order valence-electron chi connectivity index (χ3n) is 4.68. The first-order chi connectivity index (χ1) is 15.4. The van der Waals surface area contributed by atoms with Crippen LogP contribution in [0.3, 0.4) is 0 Å². The zero-order valence-corrected chi connectivity index (χ0v) is 19.5. The van der Waals surface area contributed by atoms with Gasteiger partial charge in [0.15, 0.2) is 11.6 Å². The molecule has 166 valence electrons. The lowest BCUT2D eigenvalue weighted by Crippen LogP contribution is -2.43. The van der Waals surface area contributed by atoms with E-state index < -0.39 is 6.43 Å². The Morgan fingerprint density at radius 3 is 2.81 bits per heavy atom. The quantitative estimate of drug-likeness (QED) is 0.349. The van der Waals surface area contributed by atoms with Crippen molar-refractivity contribution in [1.82, 2.24) is 10.3 Å². The maximum Gasteiger partial charge on any atom is 0.263 e. The van der Waals surface area contributed by atoms with Crippen LogP contribution in [0, 0.1) is 0 Å². The van der Waals surface area contributed by atoms with Crippen LogP contribution >= 0.6 is 39.1 Å². The number of hydrogen-bond acceptors (Lipinski definition) is 5. The summed E-state index contributed by atoms with van der Waals surface area (Å²) in [4.78, 5) is 9.48. The standard InChI is InChI=1S/C22H16BrCl2F2N3O2/c23-14-5-4-12(18(24)8-14)6-15-11-31-30-22(29-15)17-9-20(25)28-10-19(17)32-16-3-1-2-13(7-16)21(26)27/h1-5,7-10,15,21H,6,11H2,(H,29,30). The highest BCUT2D eigenvalue weighted by molar-refractivity contribution is 9.10. The van der Waals surface area contributed by atoms with Crippen molar-refractivity contribution >= 4 is 45.0 Å². The van der Waals surface area contributed by atoms with Gasteiger partial charge in [-0.05, 0) is 42.3 Å². The molecule has 2 heterocycles. The lowest BCUT2D eigenvalue weighted by atomic mass is 10.1. The lowest BCUT2D eigenvalue weighted by molar-refractivity contribution is 0.109. The Morgan fingerprint density at radius 1 is 1.19 bits per heavy atom. The number of halogens is 5. The minimum absolute atomic E-state index is 0.122. The van der Waals surface area contributed by atoms with Gasteiger partial charge in [-0.2, -0.15) is 0 Å². The summed E-state index contributed by atoms with van der Waals surface area (Å²) in [6.07, 6.45) is -0.603. The largest absolute Gasteiger partial charge is 0.455 e. The predicted octanol–water partition coefficient (Wildman–Crippen LogP) is 6.77. The van der Waals surface area contributed by atoms with Crippen molar-refractivity contribution in [2.75, 3.05) is 6.61 Å². The molecule has 3 aromatic rings. The summed E-state index contributed by atoms with van der Waals surface area (Å²) in [6.45, 7) is 0.335. The van der Waals surface area contributed by atoms with Gasteiger partial charge in [0.05, 0.1) is 17.8 Å².